The summed E-state index contributed by atoms with van der Waals surface area (Å²) in [4.78, 5) is 16.4. The summed E-state index contributed by atoms with van der Waals surface area (Å²) in [5.41, 5.74) is 16.8. The van der Waals surface area contributed by atoms with Crippen molar-refractivity contribution in [2.75, 3.05) is 0 Å². The first-order valence-corrected chi connectivity index (χ1v) is 10.3. The molecule has 0 fully saturated rings. The number of aryl methyl sites for hydroxylation is 2. The van der Waals surface area contributed by atoms with Crippen LogP contribution in [0.15, 0.2) is 53.2 Å². The van der Waals surface area contributed by atoms with Crippen LogP contribution < -0.4 is 11.5 Å². The second-order valence-electron chi connectivity index (χ2n) is 7.49. The smallest absolute Gasteiger partial charge is 0.226 e. The molecule has 0 aliphatic carbocycles. The fourth-order valence-corrected chi connectivity index (χ4v) is 2.61. The first-order chi connectivity index (χ1) is 14.1. The molecule has 162 valence electrons. The molecule has 0 aliphatic heterocycles. The number of unbranched alkanes of at least 4 members (excludes halogenated alkanes) is 1. The van der Waals surface area contributed by atoms with Gasteiger partial charge in [-0.05, 0) is 51.0 Å². The number of aliphatic imine (C=N–C) groups is 1. The lowest BCUT2D eigenvalue weighted by atomic mass is 9.98. The summed E-state index contributed by atoms with van der Waals surface area (Å²) in [6, 6.07) is 12.9. The Morgan fingerprint density at radius 3 is 2.23 bits per heavy atom. The van der Waals surface area contributed by atoms with E-state index in [2.05, 4.69) is 13.8 Å². The zero-order valence-electron chi connectivity index (χ0n) is 19.0. The summed E-state index contributed by atoms with van der Waals surface area (Å²) >= 11 is 0. The molecular weight excluding hydrogens is 374 g/mol. The summed E-state index contributed by atoms with van der Waals surface area (Å²) < 4.78 is 0. The standard InChI is InChI=1S/C21H25N3O2.C4H10/c1-12-6-5-7-16(10-12)15(4)24-20(19(22)14(3)21(23)26)18-11-17(25)9-8-13(18)2;1-3-4-2/h5-11,14,25H,22H2,1-4H3,(H2,23,26);3-4H2,1-2H3/b20-19+,24-15?;. The highest BCUT2D eigenvalue weighted by atomic mass is 16.3. The lowest BCUT2D eigenvalue weighted by molar-refractivity contribution is -0.120. The molecule has 5 nitrogen and oxygen atoms in total. The van der Waals surface area contributed by atoms with Crippen molar-refractivity contribution in [2.24, 2.45) is 22.4 Å². The predicted molar refractivity (Wildman–Crippen MR) is 126 cm³/mol. The number of primary amides is 1. The fourth-order valence-electron chi connectivity index (χ4n) is 2.61. The van der Waals surface area contributed by atoms with Gasteiger partial charge in [0.25, 0.3) is 0 Å². The quantitative estimate of drug-likeness (QED) is 0.580. The maximum absolute atomic E-state index is 11.6. The highest BCUT2D eigenvalue weighted by Gasteiger charge is 2.19. The Morgan fingerprint density at radius 1 is 1.07 bits per heavy atom. The predicted octanol–water partition coefficient (Wildman–Crippen LogP) is 5.07. The number of amides is 1. The lowest BCUT2D eigenvalue weighted by Crippen LogP contribution is -2.26. The van der Waals surface area contributed by atoms with E-state index in [0.717, 1.165) is 22.4 Å². The summed E-state index contributed by atoms with van der Waals surface area (Å²) in [7, 11) is 0. The minimum Gasteiger partial charge on any atom is -0.508 e. The number of carbonyl (C=O) groups is 1. The van der Waals surface area contributed by atoms with Crippen molar-refractivity contribution in [1.82, 2.24) is 0 Å². The van der Waals surface area contributed by atoms with Crippen molar-refractivity contribution >= 4 is 17.3 Å². The molecule has 0 radical (unpaired) electrons. The Bertz CT molecular complexity index is 928. The Balaban J connectivity index is 0.00000103. The molecule has 0 bridgehead atoms. The minimum absolute atomic E-state index is 0.103. The van der Waals surface area contributed by atoms with Gasteiger partial charge in [-0.25, -0.2) is 0 Å². The number of rotatable bonds is 6. The van der Waals surface area contributed by atoms with Crippen molar-refractivity contribution in [2.45, 2.75) is 54.4 Å². The molecule has 0 spiro atoms. The van der Waals surface area contributed by atoms with Gasteiger partial charge in [-0.15, -0.1) is 0 Å². The normalized spacial score (nSPS) is 13.1. The highest BCUT2D eigenvalue weighted by molar-refractivity contribution is 6.02. The third kappa shape index (κ3) is 7.07. The summed E-state index contributed by atoms with van der Waals surface area (Å²) in [6.45, 7) is 11.8. The van der Waals surface area contributed by atoms with E-state index >= 15 is 0 Å². The van der Waals surface area contributed by atoms with Gasteiger partial charge in [-0.3, -0.25) is 9.79 Å². The van der Waals surface area contributed by atoms with E-state index in [-0.39, 0.29) is 11.4 Å². The van der Waals surface area contributed by atoms with Crippen LogP contribution in [0.3, 0.4) is 0 Å². The topological polar surface area (TPSA) is 102 Å². The molecule has 2 aromatic rings. The molecule has 30 heavy (non-hydrogen) atoms. The molecule has 5 N–H and O–H groups in total. The second-order valence-corrected chi connectivity index (χ2v) is 7.49. The molecule has 0 aliphatic rings. The van der Waals surface area contributed by atoms with Crippen molar-refractivity contribution < 1.29 is 9.90 Å². The average molecular weight is 410 g/mol. The van der Waals surface area contributed by atoms with E-state index in [1.807, 2.05) is 45.0 Å². The number of phenols is 1. The molecule has 2 rings (SSSR count). The molecule has 0 aromatic heterocycles. The second kappa shape index (κ2) is 11.8. The Kier molecular flexibility index (Phi) is 9.82. The van der Waals surface area contributed by atoms with Crippen LogP contribution in [0.25, 0.3) is 5.70 Å². The summed E-state index contributed by atoms with van der Waals surface area (Å²) in [6.07, 6.45) is 2.64. The van der Waals surface area contributed by atoms with Gasteiger partial charge in [0.2, 0.25) is 5.91 Å². The molecular formula is C25H35N3O2. The average Bonchev–Trinajstić information content (AvgIpc) is 2.72. The van der Waals surface area contributed by atoms with Crippen LogP contribution in [0.5, 0.6) is 5.75 Å². The number of benzene rings is 2. The third-order valence-electron chi connectivity index (χ3n) is 4.86. The Labute approximate surface area is 180 Å². The molecule has 1 amide bonds. The van der Waals surface area contributed by atoms with Crippen LogP contribution in [-0.4, -0.2) is 16.7 Å². The van der Waals surface area contributed by atoms with Gasteiger partial charge >= 0.3 is 0 Å². The Hall–Kier alpha value is -3.08. The molecule has 0 saturated carbocycles. The van der Waals surface area contributed by atoms with Crippen LogP contribution in [0.2, 0.25) is 0 Å². The van der Waals surface area contributed by atoms with E-state index in [1.165, 1.54) is 12.8 Å². The maximum Gasteiger partial charge on any atom is 0.226 e. The number of hydrogen-bond acceptors (Lipinski definition) is 4. The molecule has 1 atom stereocenters. The minimum atomic E-state index is -0.680. The number of nitrogens with zero attached hydrogens (tertiary/aromatic N) is 1. The van der Waals surface area contributed by atoms with Crippen LogP contribution >= 0.6 is 0 Å². The SMILES string of the molecule is CC(=N/C(=C(/N)C(C)C(N)=O)c1cc(O)ccc1C)c1cccc(C)c1.CCCC. The lowest BCUT2D eigenvalue weighted by Gasteiger charge is -2.16. The van der Waals surface area contributed by atoms with E-state index in [4.69, 9.17) is 16.5 Å². The number of nitrogens with two attached hydrogens (primary N) is 2. The van der Waals surface area contributed by atoms with Crippen LogP contribution in [0.4, 0.5) is 0 Å². The third-order valence-corrected chi connectivity index (χ3v) is 4.86. The van der Waals surface area contributed by atoms with Gasteiger partial charge in [0.1, 0.15) is 5.75 Å². The van der Waals surface area contributed by atoms with Gasteiger partial charge in [0, 0.05) is 17.0 Å². The highest BCUT2D eigenvalue weighted by Crippen LogP contribution is 2.29. The number of aromatic hydroxyl groups is 1. The fraction of sp³-hybridized carbons (Fsp3) is 0.360. The summed E-state index contributed by atoms with van der Waals surface area (Å²) in [5.74, 6) is -1.10. The zero-order valence-corrected chi connectivity index (χ0v) is 19.0. The van der Waals surface area contributed by atoms with Crippen molar-refractivity contribution in [3.63, 3.8) is 0 Å². The monoisotopic (exact) mass is 409 g/mol. The first kappa shape index (κ1) is 25.0. The molecule has 0 heterocycles. The van der Waals surface area contributed by atoms with Crippen molar-refractivity contribution in [3.05, 3.63) is 70.4 Å². The van der Waals surface area contributed by atoms with Gasteiger partial charge in [-0.1, -0.05) is 62.6 Å². The zero-order chi connectivity index (χ0) is 22.8. The van der Waals surface area contributed by atoms with E-state index < -0.39 is 11.8 Å². The van der Waals surface area contributed by atoms with Crippen LogP contribution in [0.1, 0.15) is 62.8 Å². The molecule has 5 heteroatoms. The van der Waals surface area contributed by atoms with E-state index in [9.17, 15) is 9.90 Å². The van der Waals surface area contributed by atoms with Crippen LogP contribution in [0, 0.1) is 19.8 Å². The number of phenolic OH excluding ortho intramolecular Hbond substituents is 1. The van der Waals surface area contributed by atoms with Crippen molar-refractivity contribution in [3.8, 4) is 5.75 Å². The first-order valence-electron chi connectivity index (χ1n) is 10.3. The number of carbonyl (C=O) groups excluding carboxylic acids is 1. The van der Waals surface area contributed by atoms with Gasteiger partial charge in [0.05, 0.1) is 11.6 Å². The van der Waals surface area contributed by atoms with E-state index in [1.54, 1.807) is 25.1 Å². The van der Waals surface area contributed by atoms with Crippen molar-refractivity contribution in [1.29, 1.82) is 0 Å². The van der Waals surface area contributed by atoms with Gasteiger partial charge in [-0.2, -0.15) is 0 Å². The van der Waals surface area contributed by atoms with E-state index in [0.29, 0.717) is 11.3 Å². The van der Waals surface area contributed by atoms with Gasteiger partial charge in [0.15, 0.2) is 0 Å². The number of hydrogen-bond donors (Lipinski definition) is 3. The Morgan fingerprint density at radius 2 is 1.70 bits per heavy atom. The van der Waals surface area contributed by atoms with Gasteiger partial charge < -0.3 is 16.6 Å². The molecule has 1 unspecified atom stereocenters. The van der Waals surface area contributed by atoms with Crippen LogP contribution in [-0.2, 0) is 4.79 Å². The molecule has 2 aromatic carbocycles. The maximum atomic E-state index is 11.6. The summed E-state index contributed by atoms with van der Waals surface area (Å²) in [5, 5.41) is 9.90. The largest absolute Gasteiger partial charge is 0.508 e. The molecule has 0 saturated heterocycles.